The molecule has 17 heavy (non-hydrogen) atoms. The van der Waals surface area contributed by atoms with Gasteiger partial charge in [0.15, 0.2) is 5.92 Å². The summed E-state index contributed by atoms with van der Waals surface area (Å²) in [5.74, 6) is -4.51. The van der Waals surface area contributed by atoms with Crippen molar-refractivity contribution in [1.29, 1.82) is 0 Å². The fourth-order valence-electron chi connectivity index (χ4n) is 0.909. The Morgan fingerprint density at radius 3 is 2.29 bits per heavy atom. The zero-order valence-electron chi connectivity index (χ0n) is 9.71. The number of carbonyl (C=O) groups excluding carboxylic acids is 1. The number of thioether (sulfide) groups is 1. The molecule has 0 aromatic rings. The highest BCUT2D eigenvalue weighted by atomic mass is 32.2. The third-order valence-electron chi connectivity index (χ3n) is 1.89. The fourth-order valence-corrected chi connectivity index (χ4v) is 1.80. The summed E-state index contributed by atoms with van der Waals surface area (Å²) in [7, 11) is 0. The minimum atomic E-state index is -1.26. The molecule has 0 aromatic carbocycles. The van der Waals surface area contributed by atoms with Crippen molar-refractivity contribution in [2.75, 3.05) is 5.75 Å². The first kappa shape index (κ1) is 15.8. The number of aliphatic carboxylic acids is 2. The molecule has 6 nitrogen and oxygen atoms in total. The first-order chi connectivity index (χ1) is 7.88. The molecule has 0 heterocycles. The number of hydrogen-bond acceptors (Lipinski definition) is 5. The van der Waals surface area contributed by atoms with E-state index in [0.29, 0.717) is 12.8 Å². The third-order valence-corrected chi connectivity index (χ3v) is 3.01. The summed E-state index contributed by atoms with van der Waals surface area (Å²) in [5.41, 5.74) is -0.606. The Kier molecular flexibility index (Phi) is 7.36. The topological polar surface area (TPSA) is 101 Å². The summed E-state index contributed by atoms with van der Waals surface area (Å²) in [6.45, 7) is 3.10. The second-order valence-electron chi connectivity index (χ2n) is 3.42. The maximum Gasteiger partial charge on any atom is 0.321 e. The minimum Gasteiger partial charge on any atom is -0.481 e. The second kappa shape index (κ2) is 7.94. The molecule has 0 bridgehead atoms. The lowest BCUT2D eigenvalue weighted by Crippen LogP contribution is -2.26. The van der Waals surface area contributed by atoms with Gasteiger partial charge < -0.3 is 14.9 Å². The van der Waals surface area contributed by atoms with Gasteiger partial charge in [-0.05, 0) is 13.3 Å². The fraction of sp³-hybridized carbons (Fsp3) is 0.700. The van der Waals surface area contributed by atoms with Crippen LogP contribution in [0.3, 0.4) is 0 Å². The van der Waals surface area contributed by atoms with Crippen LogP contribution >= 0.6 is 11.8 Å². The van der Waals surface area contributed by atoms with Crippen molar-refractivity contribution in [3.05, 3.63) is 0 Å². The Hall–Kier alpha value is -1.24. The number of rotatable bonds is 8. The number of ether oxygens (including phenoxy) is 1. The highest BCUT2D eigenvalue weighted by Gasteiger charge is 2.25. The molecule has 0 fully saturated rings. The highest BCUT2D eigenvalue weighted by molar-refractivity contribution is 8.00. The zero-order valence-corrected chi connectivity index (χ0v) is 10.5. The summed E-state index contributed by atoms with van der Waals surface area (Å²) >= 11 is 0.976. The first-order valence-corrected chi connectivity index (χ1v) is 6.20. The quantitative estimate of drug-likeness (QED) is 0.386. The van der Waals surface area contributed by atoms with E-state index in [2.05, 4.69) is 0 Å². The van der Waals surface area contributed by atoms with Crippen LogP contribution in [0.4, 0.5) is 0 Å². The molecule has 2 N–H and O–H groups in total. The normalized spacial score (nSPS) is 13.8. The summed E-state index contributed by atoms with van der Waals surface area (Å²) in [6, 6.07) is 0. The van der Waals surface area contributed by atoms with Gasteiger partial charge in [0.25, 0.3) is 0 Å². The molecule has 0 spiro atoms. The van der Waals surface area contributed by atoms with E-state index in [0.717, 1.165) is 11.8 Å². The first-order valence-electron chi connectivity index (χ1n) is 5.15. The molecule has 0 saturated heterocycles. The second-order valence-corrected chi connectivity index (χ2v) is 4.57. The average molecular weight is 264 g/mol. The minimum absolute atomic E-state index is 0.181. The summed E-state index contributed by atoms with van der Waals surface area (Å²) in [5, 5.41) is 17.1. The van der Waals surface area contributed by atoms with E-state index in [1.807, 2.05) is 6.92 Å². The van der Waals surface area contributed by atoms with Gasteiger partial charge in [-0.1, -0.05) is 13.3 Å². The number of carboxylic acids is 2. The largest absolute Gasteiger partial charge is 0.481 e. The maximum absolute atomic E-state index is 11.4. The SMILES string of the molecule is CCCC(OC(=O)C(C)C(=O)O)SCC(=O)O. The molecule has 7 heteroatoms. The summed E-state index contributed by atoms with van der Waals surface area (Å²) in [4.78, 5) is 32.3. The Morgan fingerprint density at radius 1 is 1.29 bits per heavy atom. The maximum atomic E-state index is 11.4. The highest BCUT2D eigenvalue weighted by Crippen LogP contribution is 2.19. The van der Waals surface area contributed by atoms with Crippen molar-refractivity contribution in [2.45, 2.75) is 32.1 Å². The van der Waals surface area contributed by atoms with Crippen LogP contribution in [0.5, 0.6) is 0 Å². The van der Waals surface area contributed by atoms with Crippen LogP contribution in [-0.2, 0) is 19.1 Å². The van der Waals surface area contributed by atoms with Crippen molar-refractivity contribution < 1.29 is 29.3 Å². The Labute approximate surface area is 103 Å². The zero-order chi connectivity index (χ0) is 13.4. The molecule has 2 atom stereocenters. The van der Waals surface area contributed by atoms with Gasteiger partial charge in [-0.3, -0.25) is 14.4 Å². The average Bonchev–Trinajstić information content (AvgIpc) is 2.24. The lowest BCUT2D eigenvalue weighted by molar-refractivity contribution is -0.159. The molecule has 2 unspecified atom stereocenters. The van der Waals surface area contributed by atoms with E-state index in [4.69, 9.17) is 14.9 Å². The van der Waals surface area contributed by atoms with E-state index >= 15 is 0 Å². The van der Waals surface area contributed by atoms with Gasteiger partial charge in [-0.2, -0.15) is 0 Å². The smallest absolute Gasteiger partial charge is 0.321 e. The molecule has 98 valence electrons. The van der Waals surface area contributed by atoms with Gasteiger partial charge in [0.05, 0.1) is 5.75 Å². The summed E-state index contributed by atoms with van der Waals surface area (Å²) < 4.78 is 4.94. The van der Waals surface area contributed by atoms with Crippen molar-refractivity contribution in [2.24, 2.45) is 5.92 Å². The van der Waals surface area contributed by atoms with Gasteiger partial charge >= 0.3 is 17.9 Å². The van der Waals surface area contributed by atoms with Gasteiger partial charge in [-0.15, -0.1) is 11.8 Å². The van der Waals surface area contributed by atoms with Gasteiger partial charge in [0, 0.05) is 0 Å². The van der Waals surface area contributed by atoms with Crippen LogP contribution in [0.2, 0.25) is 0 Å². The van der Waals surface area contributed by atoms with E-state index in [9.17, 15) is 14.4 Å². The van der Waals surface area contributed by atoms with Crippen LogP contribution < -0.4 is 0 Å². The van der Waals surface area contributed by atoms with Gasteiger partial charge in [-0.25, -0.2) is 0 Å². The Balaban J connectivity index is 4.27. The molecule has 0 amide bonds. The van der Waals surface area contributed by atoms with E-state index in [-0.39, 0.29) is 5.75 Å². The van der Waals surface area contributed by atoms with E-state index in [1.165, 1.54) is 6.92 Å². The van der Waals surface area contributed by atoms with E-state index < -0.39 is 29.3 Å². The number of esters is 1. The third kappa shape index (κ3) is 6.83. The molecule has 0 aliphatic carbocycles. The predicted molar refractivity (Wildman–Crippen MR) is 61.7 cm³/mol. The van der Waals surface area contributed by atoms with Gasteiger partial charge in [0.2, 0.25) is 0 Å². The van der Waals surface area contributed by atoms with Gasteiger partial charge in [0.1, 0.15) is 5.44 Å². The van der Waals surface area contributed by atoms with Crippen molar-refractivity contribution in [3.63, 3.8) is 0 Å². The molecular formula is C10H16O6S. The molecule has 0 radical (unpaired) electrons. The van der Waals surface area contributed by atoms with Crippen LogP contribution in [0.15, 0.2) is 0 Å². The molecular weight excluding hydrogens is 248 g/mol. The van der Waals surface area contributed by atoms with Crippen LogP contribution in [0, 0.1) is 5.92 Å². The molecule has 0 rings (SSSR count). The molecule has 0 aromatic heterocycles. The Morgan fingerprint density at radius 2 is 1.88 bits per heavy atom. The molecule has 0 aliphatic rings. The number of carboxylic acid groups (broad SMARTS) is 2. The molecule has 0 aliphatic heterocycles. The summed E-state index contributed by atoms with van der Waals surface area (Å²) in [6.07, 6.45) is 1.21. The predicted octanol–water partition coefficient (Wildman–Crippen LogP) is 1.19. The van der Waals surface area contributed by atoms with Crippen molar-refractivity contribution in [1.82, 2.24) is 0 Å². The standard InChI is InChI=1S/C10H16O6S/c1-3-4-8(17-5-7(11)12)16-10(15)6(2)9(13)14/h6,8H,3-5H2,1-2H3,(H,11,12)(H,13,14). The van der Waals surface area contributed by atoms with Crippen LogP contribution in [-0.4, -0.2) is 39.3 Å². The van der Waals surface area contributed by atoms with E-state index in [1.54, 1.807) is 0 Å². The van der Waals surface area contributed by atoms with Crippen LogP contribution in [0.1, 0.15) is 26.7 Å². The molecule has 0 saturated carbocycles. The number of hydrogen-bond donors (Lipinski definition) is 2. The van der Waals surface area contributed by atoms with Crippen molar-refractivity contribution in [3.8, 4) is 0 Å². The Bertz CT molecular complexity index is 291. The monoisotopic (exact) mass is 264 g/mol. The lowest BCUT2D eigenvalue weighted by atomic mass is 10.2. The lowest BCUT2D eigenvalue weighted by Gasteiger charge is -2.17. The van der Waals surface area contributed by atoms with Crippen molar-refractivity contribution >= 4 is 29.7 Å². The number of carbonyl (C=O) groups is 3. The van der Waals surface area contributed by atoms with Crippen LogP contribution in [0.25, 0.3) is 0 Å².